The van der Waals surface area contributed by atoms with Crippen LogP contribution < -0.4 is 5.32 Å². The Labute approximate surface area is 87.9 Å². The van der Waals surface area contributed by atoms with E-state index >= 15 is 0 Å². The summed E-state index contributed by atoms with van der Waals surface area (Å²) in [6, 6.07) is -0.0139. The van der Waals surface area contributed by atoms with Crippen LogP contribution in [-0.4, -0.2) is 44.0 Å². The molecule has 0 aliphatic carbocycles. The van der Waals surface area contributed by atoms with Crippen molar-refractivity contribution >= 4 is 11.9 Å². The zero-order valence-electron chi connectivity index (χ0n) is 8.98. The number of hydrogen-bond donors (Lipinski definition) is 1. The van der Waals surface area contributed by atoms with Crippen LogP contribution in [0.2, 0.25) is 0 Å². The smallest absolute Gasteiger partial charge is 0.338 e. The Kier molecular flexibility index (Phi) is 4.05. The number of carbonyl (C=O) groups excluding carboxylic acids is 2. The number of hydrogen-bond acceptors (Lipinski definition) is 5. The summed E-state index contributed by atoms with van der Waals surface area (Å²) in [7, 11) is 1.24. The number of rotatable bonds is 3. The number of amides is 1. The summed E-state index contributed by atoms with van der Waals surface area (Å²) in [5.41, 5.74) is 0. The van der Waals surface area contributed by atoms with Crippen LogP contribution in [0.4, 0.5) is 0 Å². The van der Waals surface area contributed by atoms with Gasteiger partial charge in [-0.25, -0.2) is 4.79 Å². The fourth-order valence-corrected chi connectivity index (χ4v) is 1.25. The molecule has 0 saturated carbocycles. The summed E-state index contributed by atoms with van der Waals surface area (Å²) < 4.78 is 14.5. The van der Waals surface area contributed by atoms with Gasteiger partial charge in [0.2, 0.25) is 0 Å². The highest BCUT2D eigenvalue weighted by Gasteiger charge is 2.41. The van der Waals surface area contributed by atoms with E-state index in [-0.39, 0.29) is 18.7 Å². The van der Waals surface area contributed by atoms with E-state index < -0.39 is 18.2 Å². The van der Waals surface area contributed by atoms with Crippen LogP contribution in [0.15, 0.2) is 0 Å². The quantitative estimate of drug-likeness (QED) is 0.640. The van der Waals surface area contributed by atoms with Gasteiger partial charge in [0, 0.05) is 6.04 Å². The monoisotopic (exact) mass is 217 g/mol. The minimum atomic E-state index is -0.964. The van der Waals surface area contributed by atoms with Gasteiger partial charge in [0.1, 0.15) is 6.79 Å². The maximum atomic E-state index is 11.6. The van der Waals surface area contributed by atoms with E-state index in [2.05, 4.69) is 10.1 Å². The molecule has 0 bridgehead atoms. The molecule has 2 atom stereocenters. The molecule has 1 heterocycles. The maximum absolute atomic E-state index is 11.6. The molecule has 1 saturated heterocycles. The second-order valence-electron chi connectivity index (χ2n) is 3.48. The molecule has 15 heavy (non-hydrogen) atoms. The van der Waals surface area contributed by atoms with Crippen LogP contribution in [0.1, 0.15) is 13.8 Å². The third-order valence-electron chi connectivity index (χ3n) is 1.89. The minimum absolute atomic E-state index is 0.0139. The third kappa shape index (κ3) is 2.90. The van der Waals surface area contributed by atoms with Gasteiger partial charge in [0.05, 0.1) is 7.11 Å². The van der Waals surface area contributed by atoms with E-state index in [4.69, 9.17) is 9.47 Å². The van der Waals surface area contributed by atoms with Crippen molar-refractivity contribution in [2.75, 3.05) is 13.9 Å². The van der Waals surface area contributed by atoms with Crippen molar-refractivity contribution in [2.24, 2.45) is 0 Å². The highest BCUT2D eigenvalue weighted by Crippen LogP contribution is 2.14. The predicted octanol–water partition coefficient (Wildman–Crippen LogP) is -0.575. The molecular weight excluding hydrogens is 202 g/mol. The van der Waals surface area contributed by atoms with Crippen LogP contribution in [0.5, 0.6) is 0 Å². The van der Waals surface area contributed by atoms with Crippen molar-refractivity contribution in [2.45, 2.75) is 32.1 Å². The van der Waals surface area contributed by atoms with E-state index in [1.165, 1.54) is 7.11 Å². The van der Waals surface area contributed by atoms with Crippen molar-refractivity contribution in [1.29, 1.82) is 0 Å². The summed E-state index contributed by atoms with van der Waals surface area (Å²) in [5.74, 6) is -0.964. The number of methoxy groups -OCH3 is 1. The van der Waals surface area contributed by atoms with Crippen LogP contribution in [0, 0.1) is 0 Å². The summed E-state index contributed by atoms with van der Waals surface area (Å²) >= 11 is 0. The number of carbonyl (C=O) groups is 2. The molecular formula is C9H15NO5. The van der Waals surface area contributed by atoms with Crippen molar-refractivity contribution < 1.29 is 23.8 Å². The lowest BCUT2D eigenvalue weighted by Crippen LogP contribution is -2.46. The summed E-state index contributed by atoms with van der Waals surface area (Å²) in [6.45, 7) is 3.57. The van der Waals surface area contributed by atoms with E-state index in [9.17, 15) is 9.59 Å². The third-order valence-corrected chi connectivity index (χ3v) is 1.89. The molecule has 1 amide bonds. The minimum Gasteiger partial charge on any atom is -0.467 e. The van der Waals surface area contributed by atoms with Gasteiger partial charge in [-0.15, -0.1) is 0 Å². The molecule has 1 aliphatic heterocycles. The molecule has 1 fully saturated rings. The van der Waals surface area contributed by atoms with Gasteiger partial charge < -0.3 is 19.5 Å². The molecule has 0 aromatic rings. The fraction of sp³-hybridized carbons (Fsp3) is 0.778. The number of ether oxygens (including phenoxy) is 3. The Morgan fingerprint density at radius 3 is 2.47 bits per heavy atom. The Balaban J connectivity index is 2.60. The maximum Gasteiger partial charge on any atom is 0.338 e. The number of nitrogens with one attached hydrogen (secondary N) is 1. The Morgan fingerprint density at radius 1 is 1.33 bits per heavy atom. The first-order chi connectivity index (χ1) is 7.06. The Hall–Kier alpha value is -1.14. The molecule has 0 aromatic carbocycles. The molecule has 0 radical (unpaired) electrons. The molecule has 6 nitrogen and oxygen atoms in total. The highest BCUT2D eigenvalue weighted by atomic mass is 16.7. The summed E-state index contributed by atoms with van der Waals surface area (Å²) in [4.78, 5) is 22.8. The van der Waals surface area contributed by atoms with Crippen LogP contribution in [0.25, 0.3) is 0 Å². The first kappa shape index (κ1) is 11.9. The van der Waals surface area contributed by atoms with Gasteiger partial charge in [-0.3, -0.25) is 4.79 Å². The van der Waals surface area contributed by atoms with Crippen LogP contribution in [-0.2, 0) is 23.8 Å². The van der Waals surface area contributed by atoms with E-state index in [1.807, 2.05) is 13.8 Å². The fourth-order valence-electron chi connectivity index (χ4n) is 1.25. The molecule has 0 spiro atoms. The summed E-state index contributed by atoms with van der Waals surface area (Å²) in [5, 5.41) is 2.64. The second kappa shape index (κ2) is 5.09. The van der Waals surface area contributed by atoms with Crippen molar-refractivity contribution in [3.63, 3.8) is 0 Å². The normalized spacial score (nSPS) is 25.3. The molecule has 0 aromatic heterocycles. The Morgan fingerprint density at radius 2 is 1.93 bits per heavy atom. The molecule has 6 heteroatoms. The van der Waals surface area contributed by atoms with E-state index in [0.29, 0.717) is 0 Å². The first-order valence-electron chi connectivity index (χ1n) is 4.67. The lowest BCUT2D eigenvalue weighted by molar-refractivity contribution is -0.153. The average Bonchev–Trinajstić information content (AvgIpc) is 2.63. The average molecular weight is 217 g/mol. The largest absolute Gasteiger partial charge is 0.467 e. The topological polar surface area (TPSA) is 73.9 Å². The van der Waals surface area contributed by atoms with Gasteiger partial charge in [-0.05, 0) is 13.8 Å². The standard InChI is InChI=1S/C9H15NO5/c1-5(2)10-8(11)6-7(9(12)13-3)15-4-14-6/h5-7H,4H2,1-3H3,(H,10,11)/t6-,7-/m1/s1. The zero-order valence-corrected chi connectivity index (χ0v) is 8.98. The second-order valence-corrected chi connectivity index (χ2v) is 3.48. The molecule has 0 unspecified atom stereocenters. The lowest BCUT2D eigenvalue weighted by atomic mass is 10.2. The summed E-state index contributed by atoms with van der Waals surface area (Å²) in [6.07, 6.45) is -1.88. The highest BCUT2D eigenvalue weighted by molar-refractivity contribution is 5.89. The predicted molar refractivity (Wildman–Crippen MR) is 49.9 cm³/mol. The van der Waals surface area contributed by atoms with Crippen molar-refractivity contribution in [3.8, 4) is 0 Å². The van der Waals surface area contributed by atoms with Gasteiger partial charge in [0.15, 0.2) is 12.2 Å². The SMILES string of the molecule is COC(=O)[C@@H]1OCO[C@H]1C(=O)NC(C)C. The van der Waals surface area contributed by atoms with Crippen molar-refractivity contribution in [1.82, 2.24) is 5.32 Å². The molecule has 1 aliphatic rings. The van der Waals surface area contributed by atoms with Gasteiger partial charge in [-0.1, -0.05) is 0 Å². The molecule has 1 N–H and O–H groups in total. The van der Waals surface area contributed by atoms with Gasteiger partial charge >= 0.3 is 5.97 Å². The van der Waals surface area contributed by atoms with Crippen LogP contribution in [0.3, 0.4) is 0 Å². The number of esters is 1. The zero-order chi connectivity index (χ0) is 11.4. The van der Waals surface area contributed by atoms with E-state index in [1.54, 1.807) is 0 Å². The van der Waals surface area contributed by atoms with E-state index in [0.717, 1.165) is 0 Å². The molecule has 86 valence electrons. The first-order valence-corrected chi connectivity index (χ1v) is 4.67. The van der Waals surface area contributed by atoms with Crippen LogP contribution >= 0.6 is 0 Å². The lowest BCUT2D eigenvalue weighted by Gasteiger charge is -2.16. The van der Waals surface area contributed by atoms with Gasteiger partial charge in [0.25, 0.3) is 5.91 Å². The van der Waals surface area contributed by atoms with Crippen molar-refractivity contribution in [3.05, 3.63) is 0 Å². The Bertz CT molecular complexity index is 253. The molecule has 1 rings (SSSR count). The van der Waals surface area contributed by atoms with Gasteiger partial charge in [-0.2, -0.15) is 0 Å².